The van der Waals surface area contributed by atoms with E-state index in [0.29, 0.717) is 24.8 Å². The maximum atomic E-state index is 13.3. The first kappa shape index (κ1) is 16.4. The molecule has 6 rings (SSSR count). The van der Waals surface area contributed by atoms with Gasteiger partial charge in [-0.3, -0.25) is 4.79 Å². The number of aliphatic hydroxyl groups is 3. The van der Waals surface area contributed by atoms with Gasteiger partial charge in [0.1, 0.15) is 5.41 Å². The SMILES string of the molecule is C=C1C(=O)[C@]23[C@H](O)[C@H]1CC[C@@H]2[C@@]12CO[C@]3(O)C[C@@H]1C(C)(C)CC[C@@H]2O. The van der Waals surface area contributed by atoms with Crippen LogP contribution in [0.4, 0.5) is 0 Å². The van der Waals surface area contributed by atoms with Crippen LogP contribution in [0, 0.1) is 34.0 Å². The Morgan fingerprint density at radius 1 is 1.16 bits per heavy atom. The van der Waals surface area contributed by atoms with Gasteiger partial charge < -0.3 is 20.1 Å². The highest BCUT2D eigenvalue weighted by molar-refractivity contribution is 6.05. The summed E-state index contributed by atoms with van der Waals surface area (Å²) in [6.45, 7) is 8.59. The molecule has 0 aromatic heterocycles. The van der Waals surface area contributed by atoms with E-state index >= 15 is 0 Å². The van der Waals surface area contributed by atoms with Gasteiger partial charge in [0.2, 0.25) is 0 Å². The molecule has 2 heterocycles. The molecule has 5 nitrogen and oxygen atoms in total. The predicted octanol–water partition coefficient (Wildman–Crippen LogP) is 1.40. The molecular weight excluding hydrogens is 320 g/mol. The fourth-order valence-electron chi connectivity index (χ4n) is 7.74. The summed E-state index contributed by atoms with van der Waals surface area (Å²) in [7, 11) is 0. The van der Waals surface area contributed by atoms with E-state index in [4.69, 9.17) is 4.74 Å². The lowest BCUT2D eigenvalue weighted by molar-refractivity contribution is -0.426. The Labute approximate surface area is 148 Å². The first-order valence-corrected chi connectivity index (χ1v) is 9.59. The van der Waals surface area contributed by atoms with E-state index in [0.717, 1.165) is 12.8 Å². The summed E-state index contributed by atoms with van der Waals surface area (Å²) in [6, 6.07) is 0. The Bertz CT molecular complexity index is 686. The third-order valence-electron chi connectivity index (χ3n) is 8.89. The van der Waals surface area contributed by atoms with Crippen LogP contribution in [-0.2, 0) is 9.53 Å². The molecule has 2 spiro atoms. The largest absolute Gasteiger partial charge is 0.392 e. The van der Waals surface area contributed by atoms with E-state index < -0.39 is 28.8 Å². The Morgan fingerprint density at radius 3 is 2.60 bits per heavy atom. The monoisotopic (exact) mass is 348 g/mol. The summed E-state index contributed by atoms with van der Waals surface area (Å²) in [4.78, 5) is 13.3. The van der Waals surface area contributed by atoms with Crippen molar-refractivity contribution in [3.8, 4) is 0 Å². The molecule has 0 aromatic rings. The number of carbonyl (C=O) groups excluding carboxylic acids is 1. The second kappa shape index (κ2) is 4.38. The van der Waals surface area contributed by atoms with Crippen molar-refractivity contribution < 1.29 is 24.9 Å². The van der Waals surface area contributed by atoms with E-state index in [2.05, 4.69) is 20.4 Å². The van der Waals surface area contributed by atoms with Gasteiger partial charge in [0, 0.05) is 17.8 Å². The van der Waals surface area contributed by atoms with Crippen molar-refractivity contribution in [3.05, 3.63) is 12.2 Å². The maximum Gasteiger partial charge on any atom is 0.181 e. The van der Waals surface area contributed by atoms with Crippen molar-refractivity contribution in [2.75, 3.05) is 6.61 Å². The third kappa shape index (κ3) is 1.44. The Kier molecular flexibility index (Phi) is 2.88. The molecule has 0 unspecified atom stereocenters. The van der Waals surface area contributed by atoms with Crippen LogP contribution in [0.2, 0.25) is 0 Å². The summed E-state index contributed by atoms with van der Waals surface area (Å²) in [5.74, 6) is -2.37. The predicted molar refractivity (Wildman–Crippen MR) is 89.3 cm³/mol. The van der Waals surface area contributed by atoms with Gasteiger partial charge in [-0.15, -0.1) is 0 Å². The number of ether oxygens (including phenoxy) is 1. The zero-order valence-corrected chi connectivity index (χ0v) is 15.0. The molecule has 6 aliphatic rings. The number of fused-ring (bicyclic) bond motifs is 2. The number of ketones is 1. The Balaban J connectivity index is 1.77. The summed E-state index contributed by atoms with van der Waals surface area (Å²) in [5, 5.41) is 33.8. The van der Waals surface area contributed by atoms with Crippen molar-refractivity contribution in [1.82, 2.24) is 0 Å². The van der Waals surface area contributed by atoms with Crippen LogP contribution in [-0.4, -0.2) is 45.7 Å². The highest BCUT2D eigenvalue weighted by Gasteiger charge is 2.83. The van der Waals surface area contributed by atoms with Gasteiger partial charge in [-0.1, -0.05) is 20.4 Å². The fourth-order valence-corrected chi connectivity index (χ4v) is 7.74. The Hall–Kier alpha value is -0.750. The second-order valence-corrected chi connectivity index (χ2v) is 9.89. The van der Waals surface area contributed by atoms with E-state index in [1.54, 1.807) is 0 Å². The average Bonchev–Trinajstić information content (AvgIpc) is 2.68. The number of rotatable bonds is 0. The van der Waals surface area contributed by atoms with Gasteiger partial charge >= 0.3 is 0 Å². The van der Waals surface area contributed by atoms with Crippen LogP contribution in [0.1, 0.15) is 46.0 Å². The molecule has 4 bridgehead atoms. The van der Waals surface area contributed by atoms with Gasteiger partial charge in [0.15, 0.2) is 11.6 Å². The van der Waals surface area contributed by atoms with Crippen LogP contribution >= 0.6 is 0 Å². The Morgan fingerprint density at radius 2 is 1.88 bits per heavy atom. The number of aliphatic hydroxyl groups excluding tert-OH is 2. The van der Waals surface area contributed by atoms with Crippen LogP contribution < -0.4 is 0 Å². The lowest BCUT2D eigenvalue weighted by atomic mass is 9.36. The fraction of sp³-hybridized carbons (Fsp3) is 0.850. The van der Waals surface area contributed by atoms with Crippen LogP contribution in [0.25, 0.3) is 0 Å². The second-order valence-electron chi connectivity index (χ2n) is 9.89. The van der Waals surface area contributed by atoms with Gasteiger partial charge in [-0.05, 0) is 48.5 Å². The lowest BCUT2D eigenvalue weighted by Crippen LogP contribution is -2.80. The molecule has 6 fully saturated rings. The van der Waals surface area contributed by atoms with E-state index in [1.807, 2.05) is 0 Å². The summed E-state index contributed by atoms with van der Waals surface area (Å²) < 4.78 is 5.94. The van der Waals surface area contributed by atoms with Crippen LogP contribution in [0.15, 0.2) is 12.2 Å². The van der Waals surface area contributed by atoms with Gasteiger partial charge in [-0.25, -0.2) is 0 Å². The number of hydrogen-bond acceptors (Lipinski definition) is 5. The first-order chi connectivity index (χ1) is 11.6. The van der Waals surface area contributed by atoms with Crippen LogP contribution in [0.3, 0.4) is 0 Å². The van der Waals surface area contributed by atoms with E-state index in [9.17, 15) is 20.1 Å². The lowest BCUT2D eigenvalue weighted by Gasteiger charge is -2.73. The minimum absolute atomic E-state index is 0.0426. The van der Waals surface area contributed by atoms with Gasteiger partial charge in [0.05, 0.1) is 18.8 Å². The molecule has 2 aliphatic heterocycles. The molecule has 0 amide bonds. The van der Waals surface area contributed by atoms with E-state index in [1.165, 1.54) is 0 Å². The zero-order valence-electron chi connectivity index (χ0n) is 15.0. The highest BCUT2D eigenvalue weighted by Crippen LogP contribution is 2.76. The standard InChI is InChI=1S/C20H28O5/c1-10-11-4-5-12-18-9-25-19(24,20(12,15(10)22)16(11)23)8-13(18)17(2,3)7-6-14(18)21/h11-14,16,21,23-24H,1,4-9H2,2-3H3/t11-,12+,13+,14-,16+,18-,19+,20-/m0/s1. The normalized spacial score (nSPS) is 58.8. The molecule has 138 valence electrons. The number of Topliss-reactive ketones (excluding diaryl/α,β-unsaturated/α-hetero) is 1. The third-order valence-corrected chi connectivity index (χ3v) is 8.89. The minimum Gasteiger partial charge on any atom is -0.392 e. The van der Waals surface area contributed by atoms with Gasteiger partial charge in [0.25, 0.3) is 0 Å². The maximum absolute atomic E-state index is 13.3. The quantitative estimate of drug-likeness (QED) is 0.576. The molecule has 4 aliphatic carbocycles. The molecule has 4 saturated carbocycles. The molecule has 0 aromatic carbocycles. The molecule has 0 radical (unpaired) electrons. The number of hydrogen-bond donors (Lipinski definition) is 3. The van der Waals surface area contributed by atoms with E-state index in [-0.39, 0.29) is 35.6 Å². The summed E-state index contributed by atoms with van der Waals surface area (Å²) >= 11 is 0. The smallest absolute Gasteiger partial charge is 0.181 e. The molecule has 2 saturated heterocycles. The average molecular weight is 348 g/mol. The van der Waals surface area contributed by atoms with Gasteiger partial charge in [-0.2, -0.15) is 0 Å². The van der Waals surface area contributed by atoms with Crippen molar-refractivity contribution in [2.24, 2.45) is 34.0 Å². The zero-order chi connectivity index (χ0) is 18.0. The van der Waals surface area contributed by atoms with Crippen molar-refractivity contribution in [3.63, 3.8) is 0 Å². The minimum atomic E-state index is -1.66. The summed E-state index contributed by atoms with van der Waals surface area (Å²) in [5.41, 5.74) is -1.54. The molecule has 3 N–H and O–H groups in total. The van der Waals surface area contributed by atoms with Crippen LogP contribution in [0.5, 0.6) is 0 Å². The molecule has 25 heavy (non-hydrogen) atoms. The molecular formula is C20H28O5. The number of carbonyl (C=O) groups is 1. The first-order valence-electron chi connectivity index (χ1n) is 9.59. The van der Waals surface area contributed by atoms with Crippen molar-refractivity contribution in [2.45, 2.75) is 63.9 Å². The summed E-state index contributed by atoms with van der Waals surface area (Å²) in [6.07, 6.45) is 1.75. The topological polar surface area (TPSA) is 87.0 Å². The molecule has 5 heteroatoms. The molecule has 8 atom stereocenters. The highest BCUT2D eigenvalue weighted by atomic mass is 16.6. The van der Waals surface area contributed by atoms with Crippen molar-refractivity contribution in [1.29, 1.82) is 0 Å². The van der Waals surface area contributed by atoms with Crippen molar-refractivity contribution >= 4 is 5.78 Å².